The minimum Gasteiger partial charge on any atom is -0.439 e. The zero-order valence-corrected chi connectivity index (χ0v) is 9.52. The average Bonchev–Trinajstić information content (AvgIpc) is 2.28. The number of carbonyl (C=O) groups excluding carboxylic acids is 2. The van der Waals surface area contributed by atoms with Gasteiger partial charge in [-0.15, -0.1) is 0 Å². The second-order valence-corrected chi connectivity index (χ2v) is 3.40. The molecule has 0 unspecified atom stereocenters. The fourth-order valence-electron chi connectivity index (χ4n) is 1.22. The minimum absolute atomic E-state index is 0.0919. The standard InChI is InChI=1S/C10H11ClN2O4/c11-8-4-2-1-3-7(8)9(17-10(12)15)5-16-13-6-14/h1-4,6,9H,5H2,(H2,12,15)(H,13,14)/t9-/m1/s1. The van der Waals surface area contributed by atoms with Crippen molar-refractivity contribution in [2.45, 2.75) is 6.10 Å². The third-order valence-corrected chi connectivity index (χ3v) is 2.22. The van der Waals surface area contributed by atoms with Gasteiger partial charge in [-0.25, -0.2) is 10.3 Å². The zero-order chi connectivity index (χ0) is 12.7. The first-order chi connectivity index (χ1) is 8.15. The Kier molecular flexibility index (Phi) is 5.25. The van der Waals surface area contributed by atoms with Crippen molar-refractivity contribution in [3.8, 4) is 0 Å². The molecule has 3 N–H and O–H groups in total. The van der Waals surface area contributed by atoms with Gasteiger partial charge in [0.05, 0.1) is 0 Å². The number of nitrogens with two attached hydrogens (primary N) is 1. The van der Waals surface area contributed by atoms with Gasteiger partial charge >= 0.3 is 6.09 Å². The lowest BCUT2D eigenvalue weighted by Crippen LogP contribution is -2.24. The van der Waals surface area contributed by atoms with Crippen LogP contribution in [0.5, 0.6) is 0 Å². The first-order valence-corrected chi connectivity index (χ1v) is 5.04. The third-order valence-electron chi connectivity index (χ3n) is 1.88. The van der Waals surface area contributed by atoms with E-state index in [-0.39, 0.29) is 6.61 Å². The van der Waals surface area contributed by atoms with E-state index in [0.29, 0.717) is 17.0 Å². The molecule has 92 valence electrons. The second kappa shape index (κ2) is 6.72. The minimum atomic E-state index is -0.954. The van der Waals surface area contributed by atoms with Crippen LogP contribution in [-0.4, -0.2) is 19.1 Å². The Hall–Kier alpha value is -1.79. The maximum absolute atomic E-state index is 10.7. The van der Waals surface area contributed by atoms with Gasteiger partial charge in [-0.2, -0.15) is 0 Å². The number of ether oxygens (including phenoxy) is 1. The van der Waals surface area contributed by atoms with Gasteiger partial charge in [0.2, 0.25) is 6.41 Å². The van der Waals surface area contributed by atoms with Gasteiger partial charge in [0.1, 0.15) is 6.61 Å². The Bertz CT molecular complexity index is 400. The van der Waals surface area contributed by atoms with Crippen LogP contribution in [0.3, 0.4) is 0 Å². The highest BCUT2D eigenvalue weighted by atomic mass is 35.5. The molecule has 0 saturated carbocycles. The molecular weight excluding hydrogens is 248 g/mol. The fourth-order valence-corrected chi connectivity index (χ4v) is 1.48. The van der Waals surface area contributed by atoms with E-state index in [9.17, 15) is 9.59 Å². The van der Waals surface area contributed by atoms with Crippen molar-refractivity contribution in [1.29, 1.82) is 0 Å². The molecule has 0 aliphatic carbocycles. The maximum atomic E-state index is 10.7. The lowest BCUT2D eigenvalue weighted by Gasteiger charge is -2.17. The Balaban J connectivity index is 2.78. The number of rotatable bonds is 6. The summed E-state index contributed by atoms with van der Waals surface area (Å²) in [5.74, 6) is 0. The number of hydrogen-bond donors (Lipinski definition) is 2. The smallest absolute Gasteiger partial charge is 0.405 e. The number of halogens is 1. The molecule has 17 heavy (non-hydrogen) atoms. The Morgan fingerprint density at radius 3 is 2.82 bits per heavy atom. The highest BCUT2D eigenvalue weighted by molar-refractivity contribution is 6.31. The first-order valence-electron chi connectivity index (χ1n) is 4.66. The first kappa shape index (κ1) is 13.3. The molecule has 2 amide bonds. The average molecular weight is 259 g/mol. The van der Waals surface area contributed by atoms with Gasteiger partial charge < -0.3 is 10.5 Å². The Morgan fingerprint density at radius 2 is 2.24 bits per heavy atom. The largest absolute Gasteiger partial charge is 0.439 e. The number of amides is 2. The van der Waals surface area contributed by atoms with Crippen molar-refractivity contribution >= 4 is 24.1 Å². The normalized spacial score (nSPS) is 11.6. The number of hydroxylamine groups is 1. The zero-order valence-electron chi connectivity index (χ0n) is 8.76. The van der Waals surface area contributed by atoms with Crippen LogP contribution in [0.4, 0.5) is 4.79 Å². The summed E-state index contributed by atoms with van der Waals surface area (Å²) < 4.78 is 4.84. The molecule has 0 aromatic heterocycles. The predicted molar refractivity (Wildman–Crippen MR) is 60.0 cm³/mol. The van der Waals surface area contributed by atoms with Crippen molar-refractivity contribution in [3.05, 3.63) is 34.9 Å². The molecule has 0 aliphatic heterocycles. The van der Waals surface area contributed by atoms with Crippen molar-refractivity contribution in [2.75, 3.05) is 6.61 Å². The lowest BCUT2D eigenvalue weighted by atomic mass is 10.1. The van der Waals surface area contributed by atoms with Crippen LogP contribution in [0.2, 0.25) is 5.02 Å². The number of hydrogen-bond acceptors (Lipinski definition) is 4. The van der Waals surface area contributed by atoms with E-state index >= 15 is 0 Å². The molecule has 1 aromatic carbocycles. The van der Waals surface area contributed by atoms with Crippen LogP contribution in [-0.2, 0) is 14.4 Å². The third kappa shape index (κ3) is 4.29. The highest BCUT2D eigenvalue weighted by Crippen LogP contribution is 2.25. The Morgan fingerprint density at radius 1 is 1.53 bits per heavy atom. The van der Waals surface area contributed by atoms with E-state index in [4.69, 9.17) is 26.9 Å². The van der Waals surface area contributed by atoms with Gasteiger partial charge in [-0.3, -0.25) is 9.63 Å². The van der Waals surface area contributed by atoms with E-state index in [0.717, 1.165) is 0 Å². The summed E-state index contributed by atoms with van der Waals surface area (Å²) in [7, 11) is 0. The summed E-state index contributed by atoms with van der Waals surface area (Å²) in [5, 5.41) is 0.411. The molecule has 0 bridgehead atoms. The summed E-state index contributed by atoms with van der Waals surface area (Å²) in [4.78, 5) is 25.5. The van der Waals surface area contributed by atoms with Gasteiger partial charge in [0, 0.05) is 10.6 Å². The predicted octanol–water partition coefficient (Wildman–Crippen LogP) is 1.15. The van der Waals surface area contributed by atoms with E-state index in [1.54, 1.807) is 24.3 Å². The van der Waals surface area contributed by atoms with Gasteiger partial charge in [0.25, 0.3) is 0 Å². The van der Waals surface area contributed by atoms with Crippen molar-refractivity contribution in [2.24, 2.45) is 5.73 Å². The molecule has 7 heteroatoms. The highest BCUT2D eigenvalue weighted by Gasteiger charge is 2.18. The van der Waals surface area contributed by atoms with Crippen molar-refractivity contribution < 1.29 is 19.2 Å². The van der Waals surface area contributed by atoms with E-state index in [1.807, 2.05) is 5.48 Å². The summed E-state index contributed by atoms with van der Waals surface area (Å²) >= 11 is 5.94. The maximum Gasteiger partial charge on any atom is 0.405 e. The van der Waals surface area contributed by atoms with E-state index in [2.05, 4.69) is 0 Å². The molecule has 1 aromatic rings. The topological polar surface area (TPSA) is 90.7 Å². The van der Waals surface area contributed by atoms with Crippen molar-refractivity contribution in [1.82, 2.24) is 5.48 Å². The number of carbonyl (C=O) groups is 2. The quantitative estimate of drug-likeness (QED) is 0.455. The molecule has 6 nitrogen and oxygen atoms in total. The molecule has 1 atom stereocenters. The summed E-state index contributed by atoms with van der Waals surface area (Å²) in [6.45, 7) is -0.0919. The molecule has 0 aliphatic rings. The molecule has 0 heterocycles. The number of benzene rings is 1. The van der Waals surface area contributed by atoms with Crippen LogP contribution < -0.4 is 11.2 Å². The van der Waals surface area contributed by atoms with Crippen LogP contribution >= 0.6 is 11.6 Å². The van der Waals surface area contributed by atoms with Crippen LogP contribution in [0.15, 0.2) is 24.3 Å². The second-order valence-electron chi connectivity index (χ2n) is 2.99. The number of primary amides is 1. The molecule has 0 radical (unpaired) electrons. The summed E-state index contributed by atoms with van der Waals surface area (Å²) in [6, 6.07) is 6.77. The van der Waals surface area contributed by atoms with E-state index in [1.165, 1.54) is 0 Å². The lowest BCUT2D eigenvalue weighted by molar-refractivity contribution is -0.123. The van der Waals surface area contributed by atoms with E-state index < -0.39 is 12.2 Å². The van der Waals surface area contributed by atoms with Crippen LogP contribution in [0, 0.1) is 0 Å². The monoisotopic (exact) mass is 258 g/mol. The summed E-state index contributed by atoms with van der Waals surface area (Å²) in [5.41, 5.74) is 7.46. The van der Waals surface area contributed by atoms with Crippen LogP contribution in [0.1, 0.15) is 11.7 Å². The molecular formula is C10H11ClN2O4. The van der Waals surface area contributed by atoms with Gasteiger partial charge in [-0.1, -0.05) is 29.8 Å². The molecule has 0 fully saturated rings. The molecule has 1 rings (SSSR count). The summed E-state index contributed by atoms with van der Waals surface area (Å²) in [6.07, 6.45) is -1.38. The van der Waals surface area contributed by atoms with Crippen molar-refractivity contribution in [3.63, 3.8) is 0 Å². The van der Waals surface area contributed by atoms with Crippen LogP contribution in [0.25, 0.3) is 0 Å². The van der Waals surface area contributed by atoms with Gasteiger partial charge in [0.15, 0.2) is 6.10 Å². The molecule has 0 spiro atoms. The fraction of sp³-hybridized carbons (Fsp3) is 0.200. The Labute approximate surface area is 103 Å². The number of nitrogens with one attached hydrogen (secondary N) is 1. The molecule has 0 saturated heterocycles. The van der Waals surface area contributed by atoms with Gasteiger partial charge in [-0.05, 0) is 6.07 Å². The SMILES string of the molecule is NC(=O)O[C@H](CONC=O)c1ccccc1Cl.